The van der Waals surface area contributed by atoms with Crippen molar-refractivity contribution in [3.63, 3.8) is 0 Å². The van der Waals surface area contributed by atoms with E-state index in [2.05, 4.69) is 9.97 Å². The number of nitrogens with two attached hydrogens (primary N) is 1. The predicted octanol–water partition coefficient (Wildman–Crippen LogP) is 0.563. The first-order chi connectivity index (χ1) is 9.98. The summed E-state index contributed by atoms with van der Waals surface area (Å²) in [5, 5.41) is 0. The third-order valence-electron chi connectivity index (χ3n) is 2.59. The zero-order chi connectivity index (χ0) is 15.5. The topological polar surface area (TPSA) is 108 Å². The molecule has 2 aromatic rings. The van der Waals surface area contributed by atoms with Crippen LogP contribution in [0, 0.1) is 0 Å². The van der Waals surface area contributed by atoms with Crippen molar-refractivity contribution in [1.82, 2.24) is 9.97 Å². The molecule has 0 aliphatic rings. The van der Waals surface area contributed by atoms with Gasteiger partial charge in [0.1, 0.15) is 0 Å². The van der Waals surface area contributed by atoms with Crippen LogP contribution in [0.2, 0.25) is 0 Å². The van der Waals surface area contributed by atoms with Crippen LogP contribution in [0.15, 0.2) is 41.3 Å². The molecule has 0 fully saturated rings. The zero-order valence-corrected chi connectivity index (χ0v) is 12.2. The van der Waals surface area contributed by atoms with E-state index in [1.54, 1.807) is 18.2 Å². The Kier molecular flexibility index (Phi) is 4.24. The summed E-state index contributed by atoms with van der Waals surface area (Å²) < 4.78 is 35.2. The summed E-state index contributed by atoms with van der Waals surface area (Å²) in [7, 11) is -1.19. The van der Waals surface area contributed by atoms with Crippen LogP contribution in [0.3, 0.4) is 0 Å². The fraction of sp³-hybridized carbons (Fsp3) is 0.167. The van der Waals surface area contributed by atoms with Crippen LogP contribution in [0.25, 0.3) is 0 Å². The first kappa shape index (κ1) is 15.0. The van der Waals surface area contributed by atoms with Gasteiger partial charge in [-0.3, -0.25) is 0 Å². The molecule has 0 saturated carbocycles. The molecule has 0 spiro atoms. The lowest BCUT2D eigenvalue weighted by Crippen LogP contribution is -2.38. The van der Waals surface area contributed by atoms with Gasteiger partial charge in [0.15, 0.2) is 5.82 Å². The summed E-state index contributed by atoms with van der Waals surface area (Å²) in [6, 6.07) is 9.02. The molecule has 112 valence electrons. The van der Waals surface area contributed by atoms with Crippen LogP contribution in [-0.2, 0) is 10.0 Å². The van der Waals surface area contributed by atoms with Crippen molar-refractivity contribution in [3.05, 3.63) is 36.4 Å². The van der Waals surface area contributed by atoms with E-state index in [0.717, 1.165) is 0 Å². The number of hydrogen-bond acceptors (Lipinski definition) is 7. The van der Waals surface area contributed by atoms with E-state index in [1.165, 1.54) is 32.4 Å². The Morgan fingerprint density at radius 2 is 1.76 bits per heavy atom. The Balaban J connectivity index is 2.46. The van der Waals surface area contributed by atoms with Crippen molar-refractivity contribution < 1.29 is 17.9 Å². The molecule has 0 aliphatic heterocycles. The summed E-state index contributed by atoms with van der Waals surface area (Å²) in [6.07, 6.45) is 0. The van der Waals surface area contributed by atoms with Crippen molar-refractivity contribution in [2.24, 2.45) is 5.84 Å². The Labute approximate surface area is 122 Å². The maximum absolute atomic E-state index is 12.4. The van der Waals surface area contributed by atoms with Gasteiger partial charge < -0.3 is 9.47 Å². The molecule has 0 saturated heterocycles. The summed E-state index contributed by atoms with van der Waals surface area (Å²) in [4.78, 5) is 7.82. The molecule has 1 aromatic carbocycles. The second kappa shape index (κ2) is 5.94. The molecule has 0 unspecified atom stereocenters. The Hall–Kier alpha value is -2.39. The number of sulfonamides is 1. The van der Waals surface area contributed by atoms with Crippen molar-refractivity contribution in [3.8, 4) is 11.9 Å². The van der Waals surface area contributed by atoms with E-state index in [1.807, 2.05) is 0 Å². The smallest absolute Gasteiger partial charge is 0.321 e. The molecule has 1 aromatic heterocycles. The minimum absolute atomic E-state index is 0.0454. The Morgan fingerprint density at radius 1 is 1.10 bits per heavy atom. The number of methoxy groups -OCH3 is 2. The molecule has 9 heteroatoms. The molecule has 0 radical (unpaired) electrons. The van der Waals surface area contributed by atoms with Gasteiger partial charge >= 0.3 is 6.01 Å². The van der Waals surface area contributed by atoms with Crippen molar-refractivity contribution in [2.45, 2.75) is 4.90 Å². The predicted molar refractivity (Wildman–Crippen MR) is 75.4 cm³/mol. The highest BCUT2D eigenvalue weighted by atomic mass is 32.2. The van der Waals surface area contributed by atoms with E-state index < -0.39 is 10.0 Å². The zero-order valence-electron chi connectivity index (χ0n) is 11.4. The maximum atomic E-state index is 12.4. The van der Waals surface area contributed by atoms with Gasteiger partial charge in [0.05, 0.1) is 19.1 Å². The lowest BCUT2D eigenvalue weighted by atomic mass is 10.4. The Bertz CT molecular complexity index is 699. The average Bonchev–Trinajstić information content (AvgIpc) is 2.54. The van der Waals surface area contributed by atoms with Gasteiger partial charge in [0.25, 0.3) is 10.0 Å². The quantitative estimate of drug-likeness (QED) is 0.635. The van der Waals surface area contributed by atoms with Crippen LogP contribution in [-0.4, -0.2) is 32.6 Å². The highest BCUT2D eigenvalue weighted by Gasteiger charge is 2.24. The van der Waals surface area contributed by atoms with Gasteiger partial charge in [-0.15, -0.1) is 0 Å². The van der Waals surface area contributed by atoms with E-state index in [9.17, 15) is 8.42 Å². The van der Waals surface area contributed by atoms with E-state index in [-0.39, 0.29) is 22.6 Å². The van der Waals surface area contributed by atoms with E-state index in [0.29, 0.717) is 4.41 Å². The van der Waals surface area contributed by atoms with Crippen molar-refractivity contribution >= 4 is 15.8 Å². The summed E-state index contributed by atoms with van der Waals surface area (Å²) >= 11 is 0. The molecule has 0 aliphatic carbocycles. The average molecular weight is 310 g/mol. The van der Waals surface area contributed by atoms with Gasteiger partial charge in [0.2, 0.25) is 5.88 Å². The molecule has 2 rings (SSSR count). The maximum Gasteiger partial charge on any atom is 0.321 e. The number of anilines is 1. The molecular weight excluding hydrogens is 296 g/mol. The second-order valence-electron chi connectivity index (χ2n) is 3.87. The molecule has 8 nitrogen and oxygen atoms in total. The number of nitrogens with zero attached hydrogens (tertiary/aromatic N) is 3. The largest absolute Gasteiger partial charge is 0.481 e. The number of hydrogen-bond donors (Lipinski definition) is 1. The fourth-order valence-corrected chi connectivity index (χ4v) is 2.60. The summed E-state index contributed by atoms with van der Waals surface area (Å²) in [5.41, 5.74) is 0. The first-order valence-electron chi connectivity index (χ1n) is 5.81. The lowest BCUT2D eigenvalue weighted by Gasteiger charge is -2.18. The SMILES string of the molecule is COc1cc(N(N)S(=O)(=O)c2ccccc2)nc(OC)n1. The van der Waals surface area contributed by atoms with Gasteiger partial charge in [-0.1, -0.05) is 18.2 Å². The number of hydrazine groups is 1. The summed E-state index contributed by atoms with van der Waals surface area (Å²) in [5.74, 6) is 5.76. The molecule has 0 atom stereocenters. The normalized spacial score (nSPS) is 11.0. The van der Waals surface area contributed by atoms with Crippen LogP contribution in [0.5, 0.6) is 11.9 Å². The number of benzene rings is 1. The van der Waals surface area contributed by atoms with Gasteiger partial charge in [0, 0.05) is 6.07 Å². The molecule has 0 bridgehead atoms. The van der Waals surface area contributed by atoms with Crippen LogP contribution in [0.1, 0.15) is 0 Å². The van der Waals surface area contributed by atoms with Gasteiger partial charge in [-0.2, -0.15) is 22.8 Å². The Morgan fingerprint density at radius 3 is 2.33 bits per heavy atom. The third-order valence-corrected chi connectivity index (χ3v) is 4.16. The number of ether oxygens (including phenoxy) is 2. The minimum Gasteiger partial charge on any atom is -0.481 e. The highest BCUT2D eigenvalue weighted by Crippen LogP contribution is 2.23. The van der Waals surface area contributed by atoms with Gasteiger partial charge in [-0.25, -0.2) is 5.84 Å². The minimum atomic E-state index is -3.93. The highest BCUT2D eigenvalue weighted by molar-refractivity contribution is 7.92. The van der Waals surface area contributed by atoms with Crippen LogP contribution in [0.4, 0.5) is 5.82 Å². The van der Waals surface area contributed by atoms with Gasteiger partial charge in [-0.05, 0) is 12.1 Å². The third kappa shape index (κ3) is 3.03. The van der Waals surface area contributed by atoms with E-state index >= 15 is 0 Å². The molecule has 2 N–H and O–H groups in total. The molecule has 21 heavy (non-hydrogen) atoms. The second-order valence-corrected chi connectivity index (χ2v) is 5.68. The fourth-order valence-electron chi connectivity index (χ4n) is 1.53. The summed E-state index contributed by atoms with van der Waals surface area (Å²) in [6.45, 7) is 0. The standard InChI is InChI=1S/C12H14N4O4S/c1-19-11-8-10(14-12(15-11)20-2)16(13)21(17,18)9-6-4-3-5-7-9/h3-8H,13H2,1-2H3. The number of rotatable bonds is 5. The lowest BCUT2D eigenvalue weighted by molar-refractivity contribution is 0.352. The van der Waals surface area contributed by atoms with Crippen LogP contribution >= 0.6 is 0 Å². The van der Waals surface area contributed by atoms with Crippen molar-refractivity contribution in [2.75, 3.05) is 18.6 Å². The number of aromatic nitrogens is 2. The van der Waals surface area contributed by atoms with E-state index in [4.69, 9.17) is 15.3 Å². The van der Waals surface area contributed by atoms with Crippen LogP contribution < -0.4 is 19.7 Å². The monoisotopic (exact) mass is 310 g/mol. The molecular formula is C12H14N4O4S. The molecule has 0 amide bonds. The first-order valence-corrected chi connectivity index (χ1v) is 7.25. The molecule has 1 heterocycles. The van der Waals surface area contributed by atoms with Crippen molar-refractivity contribution in [1.29, 1.82) is 0 Å².